The van der Waals surface area contributed by atoms with Crippen LogP contribution < -0.4 is 0 Å². The van der Waals surface area contributed by atoms with E-state index >= 15 is 0 Å². The van der Waals surface area contributed by atoms with Crippen molar-refractivity contribution in [2.24, 2.45) is 0 Å². The number of carbonyl (C=O) groups excluding carboxylic acids is 1. The number of piperidine rings is 1. The minimum Gasteiger partial charge on any atom is -0.337 e. The second-order valence-electron chi connectivity index (χ2n) is 7.61. The van der Waals surface area contributed by atoms with Crippen molar-refractivity contribution in [1.82, 2.24) is 30.0 Å². The van der Waals surface area contributed by atoms with E-state index in [0.29, 0.717) is 24.0 Å². The predicted molar refractivity (Wildman–Crippen MR) is 103 cm³/mol. The van der Waals surface area contributed by atoms with Gasteiger partial charge in [0.15, 0.2) is 11.5 Å². The first kappa shape index (κ1) is 18.3. The van der Waals surface area contributed by atoms with Crippen molar-refractivity contribution in [3.8, 4) is 11.6 Å². The first-order valence-electron chi connectivity index (χ1n) is 9.63. The Labute approximate surface area is 163 Å². The van der Waals surface area contributed by atoms with E-state index in [1.165, 1.54) is 0 Å². The van der Waals surface area contributed by atoms with E-state index in [9.17, 15) is 4.79 Å². The molecular weight excluding hydrogens is 356 g/mol. The highest BCUT2D eigenvalue weighted by molar-refractivity contribution is 5.94. The molecule has 1 fully saturated rings. The fourth-order valence-corrected chi connectivity index (χ4v) is 3.36. The SMILES string of the molecule is Cc1ccc(C(=O)N2CCCC(n3cc(-c4nc(C(C)C)no4)nn3)C2)cc1. The van der Waals surface area contributed by atoms with Crippen molar-refractivity contribution >= 4 is 5.91 Å². The topological polar surface area (TPSA) is 89.9 Å². The van der Waals surface area contributed by atoms with E-state index in [1.807, 2.05) is 60.8 Å². The third-order valence-electron chi connectivity index (χ3n) is 5.04. The summed E-state index contributed by atoms with van der Waals surface area (Å²) in [4.78, 5) is 19.1. The molecule has 3 aromatic rings. The zero-order valence-corrected chi connectivity index (χ0v) is 16.4. The van der Waals surface area contributed by atoms with Gasteiger partial charge in [0.2, 0.25) is 0 Å². The van der Waals surface area contributed by atoms with Crippen LogP contribution in [0.2, 0.25) is 0 Å². The van der Waals surface area contributed by atoms with Gasteiger partial charge in [-0.2, -0.15) is 4.98 Å². The second-order valence-corrected chi connectivity index (χ2v) is 7.61. The lowest BCUT2D eigenvalue weighted by atomic mass is 10.0. The summed E-state index contributed by atoms with van der Waals surface area (Å²) in [5, 5.41) is 12.4. The Morgan fingerprint density at radius 1 is 1.25 bits per heavy atom. The third kappa shape index (κ3) is 3.67. The summed E-state index contributed by atoms with van der Waals surface area (Å²) < 4.78 is 7.11. The number of likely N-dealkylation sites (tertiary alicyclic amines) is 1. The van der Waals surface area contributed by atoms with Crippen molar-refractivity contribution in [2.75, 3.05) is 13.1 Å². The van der Waals surface area contributed by atoms with Gasteiger partial charge in [-0.05, 0) is 31.9 Å². The van der Waals surface area contributed by atoms with E-state index in [-0.39, 0.29) is 17.9 Å². The molecule has 8 nitrogen and oxygen atoms in total. The first-order valence-corrected chi connectivity index (χ1v) is 9.63. The predicted octanol–water partition coefficient (Wildman–Crippen LogP) is 3.24. The van der Waals surface area contributed by atoms with Crippen LogP contribution in [0.15, 0.2) is 35.0 Å². The summed E-state index contributed by atoms with van der Waals surface area (Å²) in [6.07, 6.45) is 3.69. The van der Waals surface area contributed by atoms with Gasteiger partial charge < -0.3 is 9.42 Å². The summed E-state index contributed by atoms with van der Waals surface area (Å²) in [5.74, 6) is 1.27. The Morgan fingerprint density at radius 3 is 2.75 bits per heavy atom. The molecule has 0 bridgehead atoms. The van der Waals surface area contributed by atoms with Crippen LogP contribution in [-0.2, 0) is 0 Å². The van der Waals surface area contributed by atoms with Crippen molar-refractivity contribution in [1.29, 1.82) is 0 Å². The molecule has 1 aliphatic rings. The van der Waals surface area contributed by atoms with E-state index in [4.69, 9.17) is 4.52 Å². The van der Waals surface area contributed by atoms with Gasteiger partial charge in [-0.15, -0.1) is 5.10 Å². The maximum absolute atomic E-state index is 12.8. The van der Waals surface area contributed by atoms with Crippen LogP contribution in [0.3, 0.4) is 0 Å². The van der Waals surface area contributed by atoms with Crippen LogP contribution in [0, 0.1) is 6.92 Å². The van der Waals surface area contributed by atoms with E-state index in [2.05, 4.69) is 20.5 Å². The smallest absolute Gasteiger partial charge is 0.280 e. The van der Waals surface area contributed by atoms with E-state index in [1.54, 1.807) is 0 Å². The highest BCUT2D eigenvalue weighted by atomic mass is 16.5. The van der Waals surface area contributed by atoms with E-state index in [0.717, 1.165) is 30.5 Å². The van der Waals surface area contributed by atoms with Gasteiger partial charge in [0.25, 0.3) is 11.8 Å². The lowest BCUT2D eigenvalue weighted by molar-refractivity contribution is 0.0672. The molecule has 0 aliphatic carbocycles. The van der Waals surface area contributed by atoms with Gasteiger partial charge in [-0.1, -0.05) is 41.9 Å². The van der Waals surface area contributed by atoms with Crippen LogP contribution >= 0.6 is 0 Å². The monoisotopic (exact) mass is 380 g/mol. The van der Waals surface area contributed by atoms with Crippen molar-refractivity contribution in [2.45, 2.75) is 45.6 Å². The van der Waals surface area contributed by atoms with Crippen LogP contribution in [-0.4, -0.2) is 49.0 Å². The molecule has 146 valence electrons. The molecule has 0 N–H and O–H groups in total. The van der Waals surface area contributed by atoms with Gasteiger partial charge in [-0.25, -0.2) is 4.68 Å². The summed E-state index contributed by atoms with van der Waals surface area (Å²) >= 11 is 0. The lowest BCUT2D eigenvalue weighted by Gasteiger charge is -2.32. The Bertz CT molecular complexity index is 959. The van der Waals surface area contributed by atoms with Crippen LogP contribution in [0.25, 0.3) is 11.6 Å². The number of hydrogen-bond donors (Lipinski definition) is 0. The molecule has 0 radical (unpaired) electrons. The fourth-order valence-electron chi connectivity index (χ4n) is 3.36. The number of rotatable bonds is 4. The quantitative estimate of drug-likeness (QED) is 0.690. The van der Waals surface area contributed by atoms with Gasteiger partial charge in [0.1, 0.15) is 0 Å². The maximum Gasteiger partial charge on any atom is 0.280 e. The minimum absolute atomic E-state index is 0.0588. The van der Waals surface area contributed by atoms with Gasteiger partial charge in [0, 0.05) is 24.6 Å². The van der Waals surface area contributed by atoms with E-state index < -0.39 is 0 Å². The summed E-state index contributed by atoms with van der Waals surface area (Å²) in [6.45, 7) is 7.39. The molecule has 1 amide bonds. The molecule has 0 saturated carbocycles. The molecular formula is C20H24N6O2. The molecule has 1 aliphatic heterocycles. The number of nitrogens with zero attached hydrogens (tertiary/aromatic N) is 6. The Kier molecular flexibility index (Phi) is 4.93. The molecule has 3 heterocycles. The maximum atomic E-state index is 12.8. The van der Waals surface area contributed by atoms with Crippen molar-refractivity contribution in [3.05, 3.63) is 47.4 Å². The second kappa shape index (κ2) is 7.53. The molecule has 8 heteroatoms. The molecule has 4 rings (SSSR count). The van der Waals surface area contributed by atoms with Crippen LogP contribution in [0.4, 0.5) is 0 Å². The van der Waals surface area contributed by atoms with Gasteiger partial charge in [0.05, 0.1) is 12.2 Å². The summed E-state index contributed by atoms with van der Waals surface area (Å²) in [6, 6.07) is 7.78. The molecule has 1 unspecified atom stereocenters. The van der Waals surface area contributed by atoms with Crippen LogP contribution in [0.1, 0.15) is 60.4 Å². The molecule has 0 spiro atoms. The van der Waals surface area contributed by atoms with Gasteiger partial charge >= 0.3 is 0 Å². The number of aryl methyl sites for hydroxylation is 1. The number of benzene rings is 1. The first-order chi connectivity index (χ1) is 13.5. The Balaban J connectivity index is 1.48. The number of aromatic nitrogens is 5. The average Bonchev–Trinajstić information content (AvgIpc) is 3.38. The Hall–Kier alpha value is -3.03. The summed E-state index contributed by atoms with van der Waals surface area (Å²) in [5.41, 5.74) is 2.42. The van der Waals surface area contributed by atoms with Crippen molar-refractivity contribution in [3.63, 3.8) is 0 Å². The third-order valence-corrected chi connectivity index (χ3v) is 5.04. The molecule has 2 aromatic heterocycles. The standard InChI is InChI=1S/C20H24N6O2/c1-13(2)18-21-19(28-23-18)17-12-26(24-22-17)16-5-4-10-25(11-16)20(27)15-8-6-14(3)7-9-15/h6-9,12-13,16H,4-5,10-11H2,1-3H3. The van der Waals surface area contributed by atoms with Crippen molar-refractivity contribution < 1.29 is 9.32 Å². The largest absolute Gasteiger partial charge is 0.337 e. The highest BCUT2D eigenvalue weighted by Gasteiger charge is 2.27. The summed E-state index contributed by atoms with van der Waals surface area (Å²) in [7, 11) is 0. The lowest BCUT2D eigenvalue weighted by Crippen LogP contribution is -2.40. The zero-order chi connectivity index (χ0) is 19.7. The number of hydrogen-bond acceptors (Lipinski definition) is 6. The number of amides is 1. The normalized spacial score (nSPS) is 17.3. The average molecular weight is 380 g/mol. The number of carbonyl (C=O) groups is 1. The van der Waals surface area contributed by atoms with Crippen LogP contribution in [0.5, 0.6) is 0 Å². The molecule has 1 atom stereocenters. The molecule has 1 aromatic carbocycles. The minimum atomic E-state index is 0.0588. The zero-order valence-electron chi connectivity index (χ0n) is 16.4. The molecule has 28 heavy (non-hydrogen) atoms. The fraction of sp³-hybridized carbons (Fsp3) is 0.450. The van der Waals surface area contributed by atoms with Gasteiger partial charge in [-0.3, -0.25) is 4.79 Å². The Morgan fingerprint density at radius 2 is 2.04 bits per heavy atom. The molecule has 1 saturated heterocycles. The highest BCUT2D eigenvalue weighted by Crippen LogP contribution is 2.24.